The minimum Gasteiger partial charge on any atom is -0.461 e. The monoisotopic (exact) mass is 455 g/mol. The maximum absolute atomic E-state index is 14.6. The first-order chi connectivity index (χ1) is 15.8. The Hall–Kier alpha value is -3.35. The molecular weight excluding hydrogens is 429 g/mol. The van der Waals surface area contributed by atoms with E-state index in [2.05, 4.69) is 21.8 Å². The molecule has 1 atom stereocenters. The Morgan fingerprint density at radius 1 is 1.39 bits per heavy atom. The quantitative estimate of drug-likeness (QED) is 0.387. The van der Waals surface area contributed by atoms with Gasteiger partial charge in [0.05, 0.1) is 12.2 Å². The van der Waals surface area contributed by atoms with Crippen LogP contribution in [0.15, 0.2) is 24.4 Å². The van der Waals surface area contributed by atoms with Crippen LogP contribution in [-0.4, -0.2) is 71.4 Å². The van der Waals surface area contributed by atoms with E-state index in [1.54, 1.807) is 21.1 Å². The Kier molecular flexibility index (Phi) is 7.74. The van der Waals surface area contributed by atoms with Gasteiger partial charge in [0.2, 0.25) is 5.60 Å². The fraction of sp³-hybridized carbons (Fsp3) is 0.417. The van der Waals surface area contributed by atoms with Gasteiger partial charge in [0.25, 0.3) is 5.91 Å². The molecule has 33 heavy (non-hydrogen) atoms. The molecule has 0 saturated carbocycles. The highest BCUT2D eigenvalue weighted by Crippen LogP contribution is 2.24. The number of benzene rings is 1. The van der Waals surface area contributed by atoms with E-state index in [1.807, 2.05) is 0 Å². The zero-order valence-electron chi connectivity index (χ0n) is 18.9. The van der Waals surface area contributed by atoms with Gasteiger partial charge in [0.1, 0.15) is 5.82 Å². The van der Waals surface area contributed by atoms with Crippen molar-refractivity contribution in [1.29, 1.82) is 0 Å². The molecule has 1 aliphatic heterocycles. The molecule has 1 aliphatic rings. The average Bonchev–Trinajstić information content (AvgIpc) is 3.07. The fourth-order valence-electron chi connectivity index (χ4n) is 3.42. The van der Waals surface area contributed by atoms with E-state index >= 15 is 0 Å². The van der Waals surface area contributed by atoms with Gasteiger partial charge in [-0.25, -0.2) is 19.2 Å². The Morgan fingerprint density at radius 3 is 2.85 bits per heavy atom. The summed E-state index contributed by atoms with van der Waals surface area (Å²) in [4.78, 5) is 34.5. The number of hydrogen-bond acceptors (Lipinski definition) is 7. The third kappa shape index (κ3) is 5.53. The number of esters is 1. The molecule has 2 heterocycles. The van der Waals surface area contributed by atoms with Crippen molar-refractivity contribution in [3.63, 3.8) is 0 Å². The number of rotatable bonds is 7. The molecule has 1 N–H and O–H groups in total. The van der Waals surface area contributed by atoms with Crippen molar-refractivity contribution in [3.8, 4) is 23.2 Å². The van der Waals surface area contributed by atoms with E-state index in [4.69, 9.17) is 9.47 Å². The first-order valence-electron chi connectivity index (χ1n) is 10.6. The molecule has 0 unspecified atom stereocenters. The summed E-state index contributed by atoms with van der Waals surface area (Å²) in [6.45, 7) is 2.77. The van der Waals surface area contributed by atoms with Gasteiger partial charge in [-0.15, -0.1) is 0 Å². The number of carbonyl (C=O) groups excluding carboxylic acids is 2. The van der Waals surface area contributed by atoms with E-state index in [9.17, 15) is 19.1 Å². The van der Waals surface area contributed by atoms with Crippen LogP contribution in [0.4, 0.5) is 4.39 Å². The smallest absolute Gasteiger partial charge is 0.357 e. The molecule has 1 aromatic carbocycles. The number of hydrogen-bond donors (Lipinski definition) is 1. The van der Waals surface area contributed by atoms with Crippen LogP contribution >= 0.6 is 0 Å². The molecule has 0 spiro atoms. The third-order valence-electron chi connectivity index (χ3n) is 5.26. The Morgan fingerprint density at radius 2 is 2.18 bits per heavy atom. The maximum Gasteiger partial charge on any atom is 0.357 e. The van der Waals surface area contributed by atoms with Crippen LogP contribution in [0.25, 0.3) is 11.4 Å². The van der Waals surface area contributed by atoms with Crippen molar-refractivity contribution in [3.05, 3.63) is 47.0 Å². The lowest BCUT2D eigenvalue weighted by molar-refractivity contribution is -0.137. The largest absolute Gasteiger partial charge is 0.461 e. The number of amides is 1. The second-order valence-corrected chi connectivity index (χ2v) is 7.67. The molecule has 0 bridgehead atoms. The standard InChI is InChI=1S/C24H26FN3O5/c1-4-33-22(29)20-17(6-5-13-32-3)15-26-21(27-20)18-14-16(7-8-19(18)25)9-10-24(31)11-12-28(2)23(24)30/h7-8,14-15,31H,4-6,11-13H2,1-3H3/t24-/m0/s1. The maximum atomic E-state index is 14.6. The van der Waals surface area contributed by atoms with Crippen molar-refractivity contribution in [1.82, 2.24) is 14.9 Å². The Labute approximate surface area is 191 Å². The number of likely N-dealkylation sites (tertiary alicyclic amines) is 1. The molecule has 2 aromatic rings. The number of aromatic nitrogens is 2. The highest BCUT2D eigenvalue weighted by Gasteiger charge is 2.42. The van der Waals surface area contributed by atoms with Gasteiger partial charge >= 0.3 is 5.97 Å². The summed E-state index contributed by atoms with van der Waals surface area (Å²) >= 11 is 0. The SMILES string of the molecule is CCOC(=O)c1nc(-c2cc(C#C[C@]3(O)CCN(C)C3=O)ccc2F)ncc1CCCOC. The summed E-state index contributed by atoms with van der Waals surface area (Å²) < 4.78 is 24.8. The second-order valence-electron chi connectivity index (χ2n) is 7.67. The van der Waals surface area contributed by atoms with Gasteiger partial charge in [-0.2, -0.15) is 0 Å². The van der Waals surface area contributed by atoms with Gasteiger partial charge in [-0.3, -0.25) is 4.79 Å². The van der Waals surface area contributed by atoms with Crippen LogP contribution in [0.5, 0.6) is 0 Å². The van der Waals surface area contributed by atoms with E-state index in [0.717, 1.165) is 0 Å². The lowest BCUT2D eigenvalue weighted by atomic mass is 10.0. The predicted molar refractivity (Wildman–Crippen MR) is 118 cm³/mol. The Bertz CT molecular complexity index is 1110. The summed E-state index contributed by atoms with van der Waals surface area (Å²) in [5.41, 5.74) is -0.703. The second kappa shape index (κ2) is 10.5. The third-order valence-corrected chi connectivity index (χ3v) is 5.26. The molecular formula is C24H26FN3O5. The Balaban J connectivity index is 1.96. The van der Waals surface area contributed by atoms with Crippen LogP contribution in [0.1, 0.15) is 41.4 Å². The average molecular weight is 455 g/mol. The first kappa shape index (κ1) is 24.3. The van der Waals surface area contributed by atoms with Gasteiger partial charge in [-0.05, 0) is 38.0 Å². The van der Waals surface area contributed by atoms with Crippen LogP contribution in [0.2, 0.25) is 0 Å². The zero-order valence-corrected chi connectivity index (χ0v) is 18.9. The van der Waals surface area contributed by atoms with Crippen LogP contribution in [0, 0.1) is 17.7 Å². The van der Waals surface area contributed by atoms with E-state index in [1.165, 1.54) is 29.3 Å². The summed E-state index contributed by atoms with van der Waals surface area (Å²) in [5, 5.41) is 10.5. The number of halogens is 1. The molecule has 1 aromatic heterocycles. The van der Waals surface area contributed by atoms with E-state index in [-0.39, 0.29) is 30.1 Å². The number of nitrogens with zero attached hydrogens (tertiary/aromatic N) is 3. The predicted octanol–water partition coefficient (Wildman–Crippen LogP) is 1.98. The minimum absolute atomic E-state index is 0.00471. The lowest BCUT2D eigenvalue weighted by Gasteiger charge is -2.13. The normalized spacial score (nSPS) is 17.6. The van der Waals surface area contributed by atoms with Crippen molar-refractivity contribution in [2.45, 2.75) is 31.8 Å². The number of aliphatic hydroxyl groups is 1. The van der Waals surface area contributed by atoms with Gasteiger partial charge in [-0.1, -0.05) is 11.8 Å². The van der Waals surface area contributed by atoms with E-state index < -0.39 is 23.3 Å². The van der Waals surface area contributed by atoms with Crippen LogP contribution in [0.3, 0.4) is 0 Å². The van der Waals surface area contributed by atoms with Crippen LogP contribution < -0.4 is 0 Å². The molecule has 3 rings (SSSR count). The van der Waals surface area contributed by atoms with Gasteiger partial charge in [0.15, 0.2) is 11.5 Å². The highest BCUT2D eigenvalue weighted by molar-refractivity contribution is 5.90. The summed E-state index contributed by atoms with van der Waals surface area (Å²) in [7, 11) is 3.18. The molecule has 174 valence electrons. The number of methoxy groups -OCH3 is 1. The highest BCUT2D eigenvalue weighted by atomic mass is 19.1. The summed E-state index contributed by atoms with van der Waals surface area (Å²) in [6.07, 6.45) is 2.83. The van der Waals surface area contributed by atoms with Crippen molar-refractivity contribution >= 4 is 11.9 Å². The number of ether oxygens (including phenoxy) is 2. The fourth-order valence-corrected chi connectivity index (χ4v) is 3.42. The molecule has 1 amide bonds. The van der Waals surface area contributed by atoms with E-state index in [0.29, 0.717) is 37.1 Å². The topological polar surface area (TPSA) is 102 Å². The summed E-state index contributed by atoms with van der Waals surface area (Å²) in [6, 6.07) is 4.05. The van der Waals surface area contributed by atoms with Crippen LogP contribution in [-0.2, 0) is 20.7 Å². The number of aryl methyl sites for hydroxylation is 1. The molecule has 9 heteroatoms. The molecule has 0 aliphatic carbocycles. The molecule has 1 fully saturated rings. The number of likely N-dealkylation sites (N-methyl/N-ethyl adjacent to an activating group) is 1. The number of carbonyl (C=O) groups is 2. The van der Waals surface area contributed by atoms with Gasteiger partial charge in [0, 0.05) is 51.1 Å². The van der Waals surface area contributed by atoms with Gasteiger partial charge < -0.3 is 19.5 Å². The zero-order chi connectivity index (χ0) is 24.0. The van der Waals surface area contributed by atoms with Crippen molar-refractivity contribution in [2.24, 2.45) is 0 Å². The minimum atomic E-state index is -1.76. The molecule has 8 nitrogen and oxygen atoms in total. The summed E-state index contributed by atoms with van der Waals surface area (Å²) in [5.74, 6) is 3.67. The lowest BCUT2D eigenvalue weighted by Crippen LogP contribution is -2.37. The molecule has 1 saturated heterocycles. The molecule has 0 radical (unpaired) electrons. The first-order valence-corrected chi connectivity index (χ1v) is 10.6. The van der Waals surface area contributed by atoms with Crippen molar-refractivity contribution < 1.29 is 28.6 Å². The van der Waals surface area contributed by atoms with Crippen molar-refractivity contribution in [2.75, 3.05) is 33.9 Å².